The number of hydrogen-bond acceptors (Lipinski definition) is 2. The Hall–Kier alpha value is -1.18. The summed E-state index contributed by atoms with van der Waals surface area (Å²) in [5.41, 5.74) is 2.11. The third kappa shape index (κ3) is 3.76. The molecule has 0 aliphatic carbocycles. The summed E-state index contributed by atoms with van der Waals surface area (Å²) in [6, 6.07) is 4.02. The van der Waals surface area contributed by atoms with Gasteiger partial charge in [-0.05, 0) is 24.5 Å². The van der Waals surface area contributed by atoms with Crippen molar-refractivity contribution in [2.24, 2.45) is 5.92 Å². The summed E-state index contributed by atoms with van der Waals surface area (Å²) in [5.74, 6) is 0.469. The van der Waals surface area contributed by atoms with Crippen molar-refractivity contribution in [1.82, 2.24) is 4.98 Å². The van der Waals surface area contributed by atoms with Crippen molar-refractivity contribution in [3.8, 4) is 0 Å². The SMILES string of the molecule is CCCC(C)C(=O)Cc1ccc(CC)cn1. The molecule has 0 fully saturated rings. The third-order valence-corrected chi connectivity index (χ3v) is 2.92. The van der Waals surface area contributed by atoms with Gasteiger partial charge in [0.2, 0.25) is 0 Å². The van der Waals surface area contributed by atoms with Crippen LogP contribution in [0.4, 0.5) is 0 Å². The number of pyridine rings is 1. The highest BCUT2D eigenvalue weighted by Crippen LogP contribution is 2.10. The largest absolute Gasteiger partial charge is 0.299 e. The minimum absolute atomic E-state index is 0.164. The van der Waals surface area contributed by atoms with Crippen LogP contribution in [0.15, 0.2) is 18.3 Å². The first-order valence-electron chi connectivity index (χ1n) is 6.13. The smallest absolute Gasteiger partial charge is 0.141 e. The Morgan fingerprint density at radius 3 is 2.62 bits per heavy atom. The Morgan fingerprint density at radius 1 is 1.38 bits per heavy atom. The molecular formula is C14H21NO. The Labute approximate surface area is 98.1 Å². The van der Waals surface area contributed by atoms with Gasteiger partial charge in [-0.1, -0.05) is 33.3 Å². The summed E-state index contributed by atoms with van der Waals surface area (Å²) in [4.78, 5) is 16.1. The van der Waals surface area contributed by atoms with E-state index in [2.05, 4.69) is 24.9 Å². The molecule has 0 aliphatic heterocycles. The average molecular weight is 219 g/mol. The van der Waals surface area contributed by atoms with Gasteiger partial charge in [0.15, 0.2) is 0 Å². The molecule has 0 N–H and O–H groups in total. The highest BCUT2D eigenvalue weighted by atomic mass is 16.1. The predicted molar refractivity (Wildman–Crippen MR) is 66.4 cm³/mol. The summed E-state index contributed by atoms with van der Waals surface area (Å²) in [7, 11) is 0. The highest BCUT2D eigenvalue weighted by molar-refractivity contribution is 5.82. The molecule has 1 heterocycles. The lowest BCUT2D eigenvalue weighted by Gasteiger charge is -2.08. The number of aryl methyl sites for hydroxylation is 1. The molecule has 0 aromatic carbocycles. The fraction of sp³-hybridized carbons (Fsp3) is 0.571. The molecule has 88 valence electrons. The summed E-state index contributed by atoms with van der Waals surface area (Å²) >= 11 is 0. The molecule has 2 nitrogen and oxygen atoms in total. The van der Waals surface area contributed by atoms with Crippen LogP contribution in [0.3, 0.4) is 0 Å². The fourth-order valence-electron chi connectivity index (χ4n) is 1.72. The van der Waals surface area contributed by atoms with Crippen molar-refractivity contribution in [2.75, 3.05) is 0 Å². The number of carbonyl (C=O) groups is 1. The maximum absolute atomic E-state index is 11.8. The highest BCUT2D eigenvalue weighted by Gasteiger charge is 2.12. The quantitative estimate of drug-likeness (QED) is 0.735. The molecule has 1 aromatic rings. The first-order valence-corrected chi connectivity index (χ1v) is 6.13. The second-order valence-corrected chi connectivity index (χ2v) is 4.34. The van der Waals surface area contributed by atoms with E-state index in [4.69, 9.17) is 0 Å². The lowest BCUT2D eigenvalue weighted by Crippen LogP contribution is -2.14. The maximum Gasteiger partial charge on any atom is 0.141 e. The number of carbonyl (C=O) groups excluding carboxylic acids is 1. The topological polar surface area (TPSA) is 30.0 Å². The number of ketones is 1. The number of rotatable bonds is 6. The summed E-state index contributed by atoms with van der Waals surface area (Å²) < 4.78 is 0. The summed E-state index contributed by atoms with van der Waals surface area (Å²) in [6.07, 6.45) is 5.38. The van der Waals surface area contributed by atoms with E-state index >= 15 is 0 Å². The second kappa shape index (κ2) is 6.41. The van der Waals surface area contributed by atoms with E-state index in [1.54, 1.807) is 0 Å². The number of Topliss-reactive ketones (excluding diaryl/α,β-unsaturated/α-hetero) is 1. The standard InChI is InChI=1S/C14H21NO/c1-4-6-11(3)14(16)9-13-8-7-12(5-2)10-15-13/h7-8,10-11H,4-6,9H2,1-3H3. The first kappa shape index (κ1) is 12.9. The maximum atomic E-state index is 11.8. The molecule has 0 amide bonds. The molecule has 0 spiro atoms. The van der Waals surface area contributed by atoms with E-state index in [1.165, 1.54) is 5.56 Å². The van der Waals surface area contributed by atoms with E-state index in [9.17, 15) is 4.79 Å². The predicted octanol–water partition coefficient (Wildman–Crippen LogP) is 3.19. The van der Waals surface area contributed by atoms with Crippen molar-refractivity contribution in [1.29, 1.82) is 0 Å². The van der Waals surface area contributed by atoms with Gasteiger partial charge in [-0.25, -0.2) is 0 Å². The average Bonchev–Trinajstić information content (AvgIpc) is 2.30. The van der Waals surface area contributed by atoms with Crippen molar-refractivity contribution in [2.45, 2.75) is 46.5 Å². The van der Waals surface area contributed by atoms with Gasteiger partial charge in [0.1, 0.15) is 5.78 Å². The van der Waals surface area contributed by atoms with Gasteiger partial charge < -0.3 is 0 Å². The zero-order chi connectivity index (χ0) is 12.0. The number of aromatic nitrogens is 1. The number of nitrogens with zero attached hydrogens (tertiary/aromatic N) is 1. The van der Waals surface area contributed by atoms with E-state index in [0.29, 0.717) is 12.2 Å². The lowest BCUT2D eigenvalue weighted by molar-refractivity contribution is -0.121. The molecule has 0 saturated carbocycles. The molecule has 0 aliphatic rings. The molecule has 2 heteroatoms. The van der Waals surface area contributed by atoms with Gasteiger partial charge >= 0.3 is 0 Å². The van der Waals surface area contributed by atoms with Gasteiger partial charge in [-0.3, -0.25) is 9.78 Å². The van der Waals surface area contributed by atoms with Crippen LogP contribution in [0.2, 0.25) is 0 Å². The third-order valence-electron chi connectivity index (χ3n) is 2.92. The van der Waals surface area contributed by atoms with Gasteiger partial charge in [0, 0.05) is 24.2 Å². The first-order chi connectivity index (χ1) is 7.67. The Kier molecular flexibility index (Phi) is 5.17. The lowest BCUT2D eigenvalue weighted by atomic mass is 9.97. The van der Waals surface area contributed by atoms with Crippen LogP contribution < -0.4 is 0 Å². The zero-order valence-electron chi connectivity index (χ0n) is 10.5. The molecular weight excluding hydrogens is 198 g/mol. The Bertz CT molecular complexity index is 329. The second-order valence-electron chi connectivity index (χ2n) is 4.34. The number of hydrogen-bond donors (Lipinski definition) is 0. The molecule has 0 radical (unpaired) electrons. The molecule has 16 heavy (non-hydrogen) atoms. The Balaban J connectivity index is 2.55. The molecule has 1 atom stereocenters. The molecule has 1 unspecified atom stereocenters. The van der Waals surface area contributed by atoms with Crippen molar-refractivity contribution < 1.29 is 4.79 Å². The van der Waals surface area contributed by atoms with E-state index in [0.717, 1.165) is 25.0 Å². The van der Waals surface area contributed by atoms with Crippen LogP contribution in [0.1, 0.15) is 44.9 Å². The van der Waals surface area contributed by atoms with Gasteiger partial charge in [-0.2, -0.15) is 0 Å². The molecule has 1 rings (SSSR count). The minimum Gasteiger partial charge on any atom is -0.299 e. The van der Waals surface area contributed by atoms with E-state index < -0.39 is 0 Å². The van der Waals surface area contributed by atoms with Gasteiger partial charge in [-0.15, -0.1) is 0 Å². The van der Waals surface area contributed by atoms with Gasteiger partial charge in [0.25, 0.3) is 0 Å². The van der Waals surface area contributed by atoms with Crippen LogP contribution in [-0.2, 0) is 17.6 Å². The molecule has 0 bridgehead atoms. The van der Waals surface area contributed by atoms with Crippen molar-refractivity contribution in [3.05, 3.63) is 29.6 Å². The van der Waals surface area contributed by atoms with E-state index in [1.807, 2.05) is 19.2 Å². The summed E-state index contributed by atoms with van der Waals surface area (Å²) in [5, 5.41) is 0. The van der Waals surface area contributed by atoms with Crippen LogP contribution in [-0.4, -0.2) is 10.8 Å². The van der Waals surface area contributed by atoms with Crippen LogP contribution in [0, 0.1) is 5.92 Å². The minimum atomic E-state index is 0.164. The van der Waals surface area contributed by atoms with Gasteiger partial charge in [0.05, 0.1) is 0 Å². The van der Waals surface area contributed by atoms with Crippen molar-refractivity contribution >= 4 is 5.78 Å². The fourth-order valence-corrected chi connectivity index (χ4v) is 1.72. The van der Waals surface area contributed by atoms with Crippen LogP contribution >= 0.6 is 0 Å². The Morgan fingerprint density at radius 2 is 2.12 bits per heavy atom. The van der Waals surface area contributed by atoms with Crippen LogP contribution in [0.5, 0.6) is 0 Å². The van der Waals surface area contributed by atoms with E-state index in [-0.39, 0.29) is 5.92 Å². The summed E-state index contributed by atoms with van der Waals surface area (Å²) in [6.45, 7) is 6.22. The monoisotopic (exact) mass is 219 g/mol. The zero-order valence-corrected chi connectivity index (χ0v) is 10.5. The molecule has 0 saturated heterocycles. The molecule has 1 aromatic heterocycles. The normalized spacial score (nSPS) is 12.4. The van der Waals surface area contributed by atoms with Crippen molar-refractivity contribution in [3.63, 3.8) is 0 Å². The van der Waals surface area contributed by atoms with Crippen LogP contribution in [0.25, 0.3) is 0 Å².